The lowest BCUT2D eigenvalue weighted by atomic mass is 10.0. The van der Waals surface area contributed by atoms with Crippen molar-refractivity contribution in [3.8, 4) is 0 Å². The number of oxime groups is 1. The van der Waals surface area contributed by atoms with Gasteiger partial charge in [-0.3, -0.25) is 14.5 Å². The topological polar surface area (TPSA) is 198 Å². The average molecular weight is 652 g/mol. The number of carbonyl (C=O) groups is 4. The second-order valence-corrected chi connectivity index (χ2v) is 11.6. The molecule has 2 amide bonds. The summed E-state index contributed by atoms with van der Waals surface area (Å²) >= 11 is 3.75. The number of anilines is 1. The van der Waals surface area contributed by atoms with Crippen LogP contribution in [0.15, 0.2) is 33.3 Å². The molecule has 4 heterocycles. The van der Waals surface area contributed by atoms with Crippen molar-refractivity contribution in [2.75, 3.05) is 11.5 Å². The van der Waals surface area contributed by atoms with Crippen LogP contribution in [0.25, 0.3) is 6.08 Å². The molecule has 0 spiro atoms. The van der Waals surface area contributed by atoms with E-state index in [1.165, 1.54) is 34.9 Å². The molecule has 1 saturated heterocycles. The summed E-state index contributed by atoms with van der Waals surface area (Å²) in [6, 6.07) is -0.929. The molecule has 2 aliphatic heterocycles. The number of nitrogen functional groups attached to an aromatic ring is 1. The first-order valence-corrected chi connectivity index (χ1v) is 15.8. The van der Waals surface area contributed by atoms with Crippen molar-refractivity contribution in [2.45, 2.75) is 64.0 Å². The molecule has 230 valence electrons. The molecule has 3 unspecified atom stereocenters. The maximum Gasteiger partial charge on any atom is 0.511 e. The highest BCUT2D eigenvalue weighted by atomic mass is 32.2. The standard InChI is InChI=1S/C25H29N7O8S3/c1-4-17(5-2)40-25(36)39-13(3)38-23(35)20-14(6-7-15-12-43-31-30-15)10-41-22-19(21(34)32(20)22)29-18(33)8-27-37-9-16-11-42-24(26)28-16/h6-8,11-13,17,19,22H,4-5,9-10H2,1-3H3,(H2,26,28)(H,29,33)/b7-6-,27-8-. The van der Waals surface area contributed by atoms with E-state index < -0.39 is 41.6 Å². The summed E-state index contributed by atoms with van der Waals surface area (Å²) < 4.78 is 19.5. The van der Waals surface area contributed by atoms with Gasteiger partial charge >= 0.3 is 12.1 Å². The largest absolute Gasteiger partial charge is 0.511 e. The molecular weight excluding hydrogens is 623 g/mol. The number of nitrogens with zero attached hydrogens (tertiary/aromatic N) is 5. The first-order chi connectivity index (χ1) is 20.7. The normalized spacial score (nSPS) is 18.9. The van der Waals surface area contributed by atoms with E-state index in [4.69, 9.17) is 24.8 Å². The van der Waals surface area contributed by atoms with Crippen molar-refractivity contribution in [1.82, 2.24) is 24.8 Å². The van der Waals surface area contributed by atoms with E-state index in [9.17, 15) is 19.2 Å². The van der Waals surface area contributed by atoms with Crippen LogP contribution in [0.4, 0.5) is 9.93 Å². The van der Waals surface area contributed by atoms with Crippen LogP contribution >= 0.6 is 34.6 Å². The number of nitrogens with one attached hydrogen (secondary N) is 1. The number of carbonyl (C=O) groups excluding carboxylic acids is 4. The van der Waals surface area contributed by atoms with E-state index in [1.54, 1.807) is 22.9 Å². The Morgan fingerprint density at radius 3 is 2.67 bits per heavy atom. The summed E-state index contributed by atoms with van der Waals surface area (Å²) in [7, 11) is 0. The Bertz CT molecular complexity index is 1410. The number of aromatic nitrogens is 3. The van der Waals surface area contributed by atoms with Crippen LogP contribution in [0.5, 0.6) is 0 Å². The third-order valence-corrected chi connectivity index (χ3v) is 8.60. The van der Waals surface area contributed by atoms with Gasteiger partial charge in [0, 0.05) is 23.4 Å². The second kappa shape index (κ2) is 14.9. The summed E-state index contributed by atoms with van der Waals surface area (Å²) in [5, 5.41) is 13.3. The zero-order valence-electron chi connectivity index (χ0n) is 23.3. The summed E-state index contributed by atoms with van der Waals surface area (Å²) in [6.45, 7) is 5.12. The Morgan fingerprint density at radius 1 is 1.21 bits per heavy atom. The third kappa shape index (κ3) is 8.29. The molecule has 0 radical (unpaired) electrons. The van der Waals surface area contributed by atoms with Gasteiger partial charge in [0.15, 0.2) is 11.7 Å². The molecule has 3 atom stereocenters. The van der Waals surface area contributed by atoms with Crippen molar-refractivity contribution in [3.63, 3.8) is 0 Å². The Balaban J connectivity index is 1.42. The zero-order valence-corrected chi connectivity index (χ0v) is 25.8. The molecule has 18 heteroatoms. The zero-order chi connectivity index (χ0) is 30.9. The third-order valence-electron chi connectivity index (χ3n) is 6.06. The lowest BCUT2D eigenvalue weighted by Gasteiger charge is -2.49. The van der Waals surface area contributed by atoms with Crippen LogP contribution in [0.2, 0.25) is 0 Å². The highest BCUT2D eigenvalue weighted by Crippen LogP contribution is 2.41. The van der Waals surface area contributed by atoms with E-state index >= 15 is 0 Å². The minimum absolute atomic E-state index is 0.0211. The lowest BCUT2D eigenvalue weighted by molar-refractivity contribution is -0.169. The lowest BCUT2D eigenvalue weighted by Crippen LogP contribution is -2.70. The van der Waals surface area contributed by atoms with Crippen LogP contribution in [0.1, 0.15) is 45.0 Å². The van der Waals surface area contributed by atoms with Gasteiger partial charge in [0.2, 0.25) is 6.29 Å². The molecule has 2 aromatic rings. The van der Waals surface area contributed by atoms with Gasteiger partial charge in [0.05, 0.1) is 11.4 Å². The molecule has 3 N–H and O–H groups in total. The fourth-order valence-corrected chi connectivity index (χ4v) is 6.23. The van der Waals surface area contributed by atoms with Crippen molar-refractivity contribution >= 4 is 76.0 Å². The number of thioether (sulfide) groups is 1. The van der Waals surface area contributed by atoms with Crippen molar-refractivity contribution < 1.29 is 38.2 Å². The molecule has 4 rings (SSSR count). The predicted octanol–water partition coefficient (Wildman–Crippen LogP) is 2.68. The van der Waals surface area contributed by atoms with E-state index in [0.29, 0.717) is 40.7 Å². The van der Waals surface area contributed by atoms with Crippen molar-refractivity contribution in [3.05, 3.63) is 39.5 Å². The molecule has 1 fully saturated rings. The van der Waals surface area contributed by atoms with Gasteiger partial charge in [-0.2, -0.15) is 0 Å². The number of hydrogen-bond donors (Lipinski definition) is 2. The fourth-order valence-electron chi connectivity index (χ4n) is 3.94. The Hall–Kier alpha value is -4.03. The Labute approximate surface area is 258 Å². The molecule has 15 nitrogen and oxygen atoms in total. The van der Waals surface area contributed by atoms with Crippen LogP contribution in [-0.2, 0) is 40.0 Å². The number of fused-ring (bicyclic) bond motifs is 1. The van der Waals surface area contributed by atoms with Crippen LogP contribution < -0.4 is 11.1 Å². The van der Waals surface area contributed by atoms with Crippen molar-refractivity contribution in [1.29, 1.82) is 0 Å². The molecule has 0 aliphatic carbocycles. The summed E-state index contributed by atoms with van der Waals surface area (Å²) in [4.78, 5) is 61.4. The van der Waals surface area contributed by atoms with Crippen LogP contribution in [0, 0.1) is 0 Å². The predicted molar refractivity (Wildman–Crippen MR) is 158 cm³/mol. The van der Waals surface area contributed by atoms with E-state index in [-0.39, 0.29) is 18.4 Å². The van der Waals surface area contributed by atoms with Gasteiger partial charge in [-0.15, -0.1) is 28.2 Å². The maximum absolute atomic E-state index is 13.3. The quantitative estimate of drug-likeness (QED) is 0.105. The fraction of sp³-hybridized carbons (Fsp3) is 0.440. The van der Waals surface area contributed by atoms with Crippen LogP contribution in [-0.4, -0.2) is 79.2 Å². The smallest absolute Gasteiger partial charge is 0.431 e. The molecule has 0 aromatic carbocycles. The number of thiazole rings is 1. The minimum Gasteiger partial charge on any atom is -0.431 e. The van der Waals surface area contributed by atoms with Gasteiger partial charge in [-0.1, -0.05) is 29.6 Å². The number of allylic oxidation sites excluding steroid dienone is 1. The van der Waals surface area contributed by atoms with E-state index in [1.807, 2.05) is 13.8 Å². The first kappa shape index (κ1) is 31.9. The van der Waals surface area contributed by atoms with E-state index in [0.717, 1.165) is 17.7 Å². The van der Waals surface area contributed by atoms with Gasteiger partial charge < -0.3 is 30.1 Å². The average Bonchev–Trinajstić information content (AvgIpc) is 3.66. The van der Waals surface area contributed by atoms with Gasteiger partial charge in [-0.05, 0) is 36.0 Å². The number of ether oxygens (including phenoxy) is 3. The Morgan fingerprint density at radius 2 is 2.00 bits per heavy atom. The van der Waals surface area contributed by atoms with E-state index in [2.05, 4.69) is 25.0 Å². The number of rotatable bonds is 13. The number of nitrogens with two attached hydrogens (primary N) is 1. The van der Waals surface area contributed by atoms with Gasteiger partial charge in [0.1, 0.15) is 29.4 Å². The molecule has 43 heavy (non-hydrogen) atoms. The maximum atomic E-state index is 13.3. The first-order valence-electron chi connectivity index (χ1n) is 13.1. The summed E-state index contributed by atoms with van der Waals surface area (Å²) in [5.74, 6) is -1.78. The molecule has 0 saturated carbocycles. The van der Waals surface area contributed by atoms with Crippen LogP contribution in [0.3, 0.4) is 0 Å². The van der Waals surface area contributed by atoms with Crippen molar-refractivity contribution in [2.24, 2.45) is 5.16 Å². The number of hydrogen-bond acceptors (Lipinski definition) is 16. The number of β-lactam (4-membered cyclic amide) rings is 1. The minimum atomic E-state index is -1.30. The monoisotopic (exact) mass is 651 g/mol. The number of esters is 1. The highest BCUT2D eigenvalue weighted by molar-refractivity contribution is 8.00. The summed E-state index contributed by atoms with van der Waals surface area (Å²) in [5.41, 5.74) is 7.13. The SMILES string of the molecule is CCC(CC)OC(=O)OC(C)OC(=O)C1=C(/C=C\c2csnn2)CSC2C(NC(=O)/C=N\OCc3csc(N)n3)C(=O)N12. The molecule has 0 bridgehead atoms. The van der Waals surface area contributed by atoms with Gasteiger partial charge in [0.25, 0.3) is 11.8 Å². The highest BCUT2D eigenvalue weighted by Gasteiger charge is 2.54. The Kier molecular flexibility index (Phi) is 11.1. The van der Waals surface area contributed by atoms with Gasteiger partial charge in [-0.25, -0.2) is 14.6 Å². The number of amides is 2. The second-order valence-electron chi connectivity index (χ2n) is 9.02. The molecule has 2 aliphatic rings. The summed E-state index contributed by atoms with van der Waals surface area (Å²) in [6.07, 6.45) is 2.80. The molecule has 2 aromatic heterocycles. The molecular formula is C25H29N7O8S3.